The zero-order valence-corrected chi connectivity index (χ0v) is 12.2. The molecule has 1 aromatic heterocycles. The molecule has 3 aromatic rings. The van der Waals surface area contributed by atoms with Crippen LogP contribution in [-0.4, -0.2) is 10.8 Å². The van der Waals surface area contributed by atoms with Gasteiger partial charge in [-0.1, -0.05) is 12.1 Å². The maximum Gasteiger partial charge on any atom is 0.291 e. The highest BCUT2D eigenvalue weighted by Gasteiger charge is 2.15. The lowest BCUT2D eigenvalue weighted by Gasteiger charge is -2.03. The molecular formula is C17H11FN2O4. The van der Waals surface area contributed by atoms with Gasteiger partial charge in [0.15, 0.2) is 5.76 Å². The fraction of sp³-hybridized carbons (Fsp3) is 0. The number of nitro groups is 1. The molecule has 0 unspecified atom stereocenters. The predicted octanol–water partition coefficient (Wildman–Crippen LogP) is 4.25. The zero-order valence-electron chi connectivity index (χ0n) is 12.2. The van der Waals surface area contributed by atoms with Crippen LogP contribution in [0.15, 0.2) is 65.1 Å². The Morgan fingerprint density at radius 2 is 1.75 bits per heavy atom. The van der Waals surface area contributed by atoms with Crippen molar-refractivity contribution in [3.63, 3.8) is 0 Å². The van der Waals surface area contributed by atoms with Gasteiger partial charge in [-0.05, 0) is 36.4 Å². The minimum Gasteiger partial charge on any atom is -0.451 e. The molecule has 2 aromatic carbocycles. The summed E-state index contributed by atoms with van der Waals surface area (Å²) in [5, 5.41) is 13.1. The van der Waals surface area contributed by atoms with Gasteiger partial charge in [-0.3, -0.25) is 14.9 Å². The van der Waals surface area contributed by atoms with E-state index in [4.69, 9.17) is 4.42 Å². The zero-order chi connectivity index (χ0) is 17.1. The molecule has 0 saturated heterocycles. The summed E-state index contributed by atoms with van der Waals surface area (Å²) in [4.78, 5) is 22.2. The van der Waals surface area contributed by atoms with Gasteiger partial charge in [0.1, 0.15) is 11.6 Å². The van der Waals surface area contributed by atoms with Gasteiger partial charge in [0.2, 0.25) is 0 Å². The normalized spacial score (nSPS) is 10.4. The number of amides is 1. The highest BCUT2D eigenvalue weighted by molar-refractivity contribution is 6.02. The number of hydrogen-bond donors (Lipinski definition) is 1. The Hall–Kier alpha value is -3.48. The summed E-state index contributed by atoms with van der Waals surface area (Å²) < 4.78 is 19.1. The molecule has 120 valence electrons. The maximum atomic E-state index is 13.7. The molecule has 1 N–H and O–H groups in total. The Morgan fingerprint density at radius 3 is 2.42 bits per heavy atom. The van der Waals surface area contributed by atoms with Crippen LogP contribution >= 0.6 is 0 Å². The second-order valence-electron chi connectivity index (χ2n) is 4.90. The first-order valence-corrected chi connectivity index (χ1v) is 6.95. The van der Waals surface area contributed by atoms with Crippen LogP contribution in [0.3, 0.4) is 0 Å². The molecule has 0 fully saturated rings. The molecule has 7 heteroatoms. The van der Waals surface area contributed by atoms with Crippen LogP contribution < -0.4 is 5.32 Å². The summed E-state index contributed by atoms with van der Waals surface area (Å²) in [6, 6.07) is 14.4. The van der Waals surface area contributed by atoms with Gasteiger partial charge in [0.25, 0.3) is 11.6 Å². The minimum atomic E-state index is -0.536. The quantitative estimate of drug-likeness (QED) is 0.574. The molecule has 0 spiro atoms. The van der Waals surface area contributed by atoms with Crippen molar-refractivity contribution in [2.45, 2.75) is 0 Å². The van der Waals surface area contributed by atoms with Gasteiger partial charge in [0, 0.05) is 17.8 Å². The van der Waals surface area contributed by atoms with Crippen molar-refractivity contribution in [3.05, 3.63) is 82.4 Å². The molecule has 0 aliphatic carbocycles. The molecule has 0 aliphatic heterocycles. The summed E-state index contributed by atoms with van der Waals surface area (Å²) in [7, 11) is 0. The topological polar surface area (TPSA) is 85.4 Å². The van der Waals surface area contributed by atoms with Gasteiger partial charge in [-0.2, -0.15) is 0 Å². The van der Waals surface area contributed by atoms with Crippen molar-refractivity contribution < 1.29 is 18.5 Å². The van der Waals surface area contributed by atoms with Crippen molar-refractivity contribution in [1.29, 1.82) is 0 Å². The van der Waals surface area contributed by atoms with E-state index >= 15 is 0 Å². The number of halogens is 1. The number of nitrogens with one attached hydrogen (secondary N) is 1. The van der Waals surface area contributed by atoms with Crippen LogP contribution in [0.4, 0.5) is 15.8 Å². The number of anilines is 1. The Bertz CT molecular complexity index is 903. The van der Waals surface area contributed by atoms with E-state index in [1.54, 1.807) is 18.2 Å². The molecule has 3 rings (SSSR count). The average molecular weight is 326 g/mol. The molecule has 0 atom stereocenters. The highest BCUT2D eigenvalue weighted by Crippen LogP contribution is 2.25. The summed E-state index contributed by atoms with van der Waals surface area (Å²) >= 11 is 0. The van der Waals surface area contributed by atoms with Gasteiger partial charge in [-0.25, -0.2) is 4.39 Å². The van der Waals surface area contributed by atoms with Crippen molar-refractivity contribution in [2.24, 2.45) is 0 Å². The van der Waals surface area contributed by atoms with Crippen LogP contribution in [0.5, 0.6) is 0 Å². The number of hydrogen-bond acceptors (Lipinski definition) is 4. The molecule has 0 saturated carbocycles. The Morgan fingerprint density at radius 1 is 1.04 bits per heavy atom. The van der Waals surface area contributed by atoms with Gasteiger partial charge < -0.3 is 9.73 Å². The van der Waals surface area contributed by atoms with Crippen LogP contribution in [0, 0.1) is 15.9 Å². The Balaban J connectivity index is 1.76. The summed E-state index contributed by atoms with van der Waals surface area (Å²) in [6.45, 7) is 0. The molecule has 0 aliphatic rings. The largest absolute Gasteiger partial charge is 0.451 e. The van der Waals surface area contributed by atoms with E-state index in [0.29, 0.717) is 5.69 Å². The third-order valence-corrected chi connectivity index (χ3v) is 3.31. The van der Waals surface area contributed by atoms with Crippen molar-refractivity contribution in [2.75, 3.05) is 5.32 Å². The van der Waals surface area contributed by atoms with Crippen LogP contribution in [0.25, 0.3) is 11.3 Å². The Labute approximate surface area is 135 Å². The number of benzene rings is 2. The summed E-state index contributed by atoms with van der Waals surface area (Å²) in [5.41, 5.74) is 0.564. The van der Waals surface area contributed by atoms with Gasteiger partial charge in [-0.15, -0.1) is 0 Å². The first-order valence-electron chi connectivity index (χ1n) is 6.95. The number of carbonyl (C=O) groups is 1. The second kappa shape index (κ2) is 6.33. The van der Waals surface area contributed by atoms with Crippen molar-refractivity contribution in [1.82, 2.24) is 0 Å². The predicted molar refractivity (Wildman–Crippen MR) is 85.2 cm³/mol. The smallest absolute Gasteiger partial charge is 0.291 e. The first-order chi connectivity index (χ1) is 11.5. The SMILES string of the molecule is O=C(Nc1ccc([N+](=O)[O-])cc1)c1ccc(-c2ccccc2F)o1. The second-order valence-corrected chi connectivity index (χ2v) is 4.90. The first kappa shape index (κ1) is 15.4. The van der Waals surface area contributed by atoms with E-state index in [2.05, 4.69) is 5.32 Å². The lowest BCUT2D eigenvalue weighted by molar-refractivity contribution is -0.384. The standard InChI is InChI=1S/C17H11FN2O4/c18-14-4-2-1-3-13(14)15-9-10-16(24-15)17(21)19-11-5-7-12(8-6-11)20(22)23/h1-10H,(H,19,21). The molecule has 6 nitrogen and oxygen atoms in total. The number of furan rings is 1. The number of nitro benzene ring substituents is 1. The van der Waals surface area contributed by atoms with Crippen LogP contribution in [0.1, 0.15) is 10.6 Å². The fourth-order valence-corrected chi connectivity index (χ4v) is 2.12. The monoisotopic (exact) mass is 326 g/mol. The number of rotatable bonds is 4. The Kier molecular flexibility index (Phi) is 4.07. The molecular weight excluding hydrogens is 315 g/mol. The van der Waals surface area contributed by atoms with E-state index in [-0.39, 0.29) is 22.8 Å². The van der Waals surface area contributed by atoms with E-state index in [9.17, 15) is 19.3 Å². The fourth-order valence-electron chi connectivity index (χ4n) is 2.12. The minimum absolute atomic E-state index is 0.00612. The summed E-state index contributed by atoms with van der Waals surface area (Å²) in [6.07, 6.45) is 0. The highest BCUT2D eigenvalue weighted by atomic mass is 19.1. The van der Waals surface area contributed by atoms with E-state index in [0.717, 1.165) is 0 Å². The number of carbonyl (C=O) groups excluding carboxylic acids is 1. The lowest BCUT2D eigenvalue weighted by Crippen LogP contribution is -2.10. The van der Waals surface area contributed by atoms with Gasteiger partial charge in [0.05, 0.1) is 10.5 Å². The van der Waals surface area contributed by atoms with Crippen molar-refractivity contribution in [3.8, 4) is 11.3 Å². The molecule has 1 heterocycles. The van der Waals surface area contributed by atoms with E-state index in [1.807, 2.05) is 0 Å². The van der Waals surface area contributed by atoms with Crippen molar-refractivity contribution >= 4 is 17.3 Å². The average Bonchev–Trinajstić information content (AvgIpc) is 3.05. The van der Waals surface area contributed by atoms with Crippen LogP contribution in [-0.2, 0) is 0 Å². The van der Waals surface area contributed by atoms with Crippen LogP contribution in [0.2, 0.25) is 0 Å². The number of non-ortho nitro benzene ring substituents is 1. The molecule has 0 radical (unpaired) electrons. The molecule has 24 heavy (non-hydrogen) atoms. The number of nitrogens with zero attached hydrogens (tertiary/aromatic N) is 1. The molecule has 0 bridgehead atoms. The van der Waals surface area contributed by atoms with E-state index < -0.39 is 16.6 Å². The third kappa shape index (κ3) is 3.14. The van der Waals surface area contributed by atoms with Gasteiger partial charge >= 0.3 is 0 Å². The molecule has 1 amide bonds. The van der Waals surface area contributed by atoms with E-state index in [1.165, 1.54) is 42.5 Å². The summed E-state index contributed by atoms with van der Waals surface area (Å²) in [5.74, 6) is -0.742. The maximum absolute atomic E-state index is 13.7. The third-order valence-electron chi connectivity index (χ3n) is 3.31. The lowest BCUT2D eigenvalue weighted by atomic mass is 10.1.